The molecule has 0 spiro atoms. The van der Waals surface area contributed by atoms with Crippen LogP contribution >= 0.6 is 0 Å². The zero-order valence-electron chi connectivity index (χ0n) is 18.7. The number of benzene rings is 2. The number of aromatic amines is 1. The van der Waals surface area contributed by atoms with Crippen molar-refractivity contribution in [2.24, 2.45) is 0 Å². The van der Waals surface area contributed by atoms with E-state index in [1.54, 1.807) is 6.20 Å². The Morgan fingerprint density at radius 2 is 1.85 bits per heavy atom. The molecular weight excluding hydrogens is 422 g/mol. The predicted octanol–water partition coefficient (Wildman–Crippen LogP) is 2.50. The van der Waals surface area contributed by atoms with Crippen LogP contribution in [-0.4, -0.2) is 83.5 Å². The molecule has 3 aromatic rings. The fraction of sp³-hybridized carbons (Fsp3) is 0.400. The fourth-order valence-electron chi connectivity index (χ4n) is 4.27. The Bertz CT molecular complexity index is 1030. The van der Waals surface area contributed by atoms with Gasteiger partial charge in [0.1, 0.15) is 18.4 Å². The maximum absolute atomic E-state index is 12.3. The predicted molar refractivity (Wildman–Crippen MR) is 125 cm³/mol. The third-order valence-electron chi connectivity index (χ3n) is 6.02. The summed E-state index contributed by atoms with van der Waals surface area (Å²) in [4.78, 5) is 19.8. The third-order valence-corrected chi connectivity index (χ3v) is 6.02. The summed E-state index contributed by atoms with van der Waals surface area (Å²) >= 11 is 0. The molecule has 33 heavy (non-hydrogen) atoms. The Morgan fingerprint density at radius 3 is 2.58 bits per heavy atom. The van der Waals surface area contributed by atoms with Gasteiger partial charge in [0.2, 0.25) is 0 Å². The lowest BCUT2D eigenvalue weighted by Gasteiger charge is -2.37. The van der Waals surface area contributed by atoms with Crippen LogP contribution in [0.25, 0.3) is 10.9 Å². The summed E-state index contributed by atoms with van der Waals surface area (Å²) in [6.45, 7) is 5.05. The molecule has 0 amide bonds. The molecule has 0 unspecified atom stereocenters. The summed E-state index contributed by atoms with van der Waals surface area (Å²) in [5, 5.41) is 19.8. The number of carbonyl (C=O) groups is 1. The molecule has 176 valence electrons. The maximum atomic E-state index is 12.3. The van der Waals surface area contributed by atoms with Crippen LogP contribution in [-0.2, 0) is 16.1 Å². The molecule has 1 aliphatic heterocycles. The van der Waals surface area contributed by atoms with Crippen molar-refractivity contribution in [3.63, 3.8) is 0 Å². The Balaban J connectivity index is 1.44. The Kier molecular flexibility index (Phi) is 7.96. The molecule has 0 radical (unpaired) electrons. The topological polar surface area (TPSA) is 98.3 Å². The maximum Gasteiger partial charge on any atom is 0.325 e. The van der Waals surface area contributed by atoms with Crippen molar-refractivity contribution in [2.45, 2.75) is 12.6 Å². The van der Waals surface area contributed by atoms with E-state index in [1.165, 1.54) is 0 Å². The SMILES string of the molecule is O=C(O)[C@@H](c1c[nH]c2ccc(OCc3ccccc3)cc12)N1CCN(CCOCCO)CC1. The second kappa shape index (κ2) is 11.3. The highest BCUT2D eigenvalue weighted by Crippen LogP contribution is 2.32. The van der Waals surface area contributed by atoms with Crippen molar-refractivity contribution < 1.29 is 24.5 Å². The van der Waals surface area contributed by atoms with E-state index in [2.05, 4.69) is 9.88 Å². The van der Waals surface area contributed by atoms with Crippen LogP contribution in [0, 0.1) is 0 Å². The van der Waals surface area contributed by atoms with Gasteiger partial charge in [-0.3, -0.25) is 14.6 Å². The van der Waals surface area contributed by atoms with E-state index in [0.29, 0.717) is 38.7 Å². The number of rotatable bonds is 11. The smallest absolute Gasteiger partial charge is 0.325 e. The number of piperazine rings is 1. The van der Waals surface area contributed by atoms with Gasteiger partial charge >= 0.3 is 5.97 Å². The molecular formula is C25H31N3O5. The molecule has 0 aliphatic carbocycles. The van der Waals surface area contributed by atoms with Gasteiger partial charge in [0.25, 0.3) is 0 Å². The standard InChI is InChI=1S/C25H31N3O5/c29-13-15-32-14-12-27-8-10-28(11-9-27)24(25(30)31)22-17-26-23-7-6-20(16-21(22)23)33-18-19-4-2-1-3-5-19/h1-7,16-17,24,26,29H,8-15,18H2,(H,30,31)/t24-/m1/s1. The quantitative estimate of drug-likeness (QED) is 0.384. The van der Waals surface area contributed by atoms with Crippen molar-refractivity contribution >= 4 is 16.9 Å². The second-order valence-corrected chi connectivity index (χ2v) is 8.18. The number of hydrogen-bond donors (Lipinski definition) is 3. The van der Waals surface area contributed by atoms with Gasteiger partial charge in [-0.15, -0.1) is 0 Å². The van der Waals surface area contributed by atoms with Gasteiger partial charge < -0.3 is 24.7 Å². The minimum absolute atomic E-state index is 0.0255. The number of carboxylic acid groups (broad SMARTS) is 1. The van der Waals surface area contributed by atoms with Crippen molar-refractivity contribution in [2.75, 3.05) is 52.5 Å². The summed E-state index contributed by atoms with van der Waals surface area (Å²) in [7, 11) is 0. The van der Waals surface area contributed by atoms with Crippen LogP contribution in [0.15, 0.2) is 54.7 Å². The van der Waals surface area contributed by atoms with Gasteiger partial charge in [0.15, 0.2) is 0 Å². The first-order valence-electron chi connectivity index (χ1n) is 11.3. The van der Waals surface area contributed by atoms with E-state index in [9.17, 15) is 9.90 Å². The molecule has 0 saturated carbocycles. The summed E-state index contributed by atoms with van der Waals surface area (Å²) in [5.41, 5.74) is 2.72. The van der Waals surface area contributed by atoms with E-state index < -0.39 is 12.0 Å². The highest BCUT2D eigenvalue weighted by Gasteiger charge is 2.32. The van der Waals surface area contributed by atoms with Crippen molar-refractivity contribution in [3.05, 3.63) is 65.9 Å². The number of aromatic nitrogens is 1. The minimum atomic E-state index is -0.855. The average molecular weight is 454 g/mol. The van der Waals surface area contributed by atoms with E-state index in [4.69, 9.17) is 14.6 Å². The third kappa shape index (κ3) is 5.91. The molecule has 4 rings (SSSR count). The lowest BCUT2D eigenvalue weighted by molar-refractivity contribution is -0.144. The number of nitrogens with zero attached hydrogens (tertiary/aromatic N) is 2. The van der Waals surface area contributed by atoms with Crippen molar-refractivity contribution in [3.8, 4) is 5.75 Å². The summed E-state index contributed by atoms with van der Waals surface area (Å²) in [5.74, 6) is -0.143. The molecule has 1 fully saturated rings. The summed E-state index contributed by atoms with van der Waals surface area (Å²) in [6, 6.07) is 15.0. The van der Waals surface area contributed by atoms with Gasteiger partial charge in [-0.25, -0.2) is 0 Å². The number of fused-ring (bicyclic) bond motifs is 1. The van der Waals surface area contributed by atoms with Crippen LogP contribution in [0.1, 0.15) is 17.2 Å². The van der Waals surface area contributed by atoms with Crippen LogP contribution in [0.5, 0.6) is 5.75 Å². The zero-order chi connectivity index (χ0) is 23.0. The Morgan fingerprint density at radius 1 is 1.06 bits per heavy atom. The zero-order valence-corrected chi connectivity index (χ0v) is 18.7. The number of aliphatic carboxylic acids is 1. The highest BCUT2D eigenvalue weighted by atomic mass is 16.5. The molecule has 1 aliphatic rings. The number of ether oxygens (including phenoxy) is 2. The average Bonchev–Trinajstić information content (AvgIpc) is 3.25. The fourth-order valence-corrected chi connectivity index (χ4v) is 4.27. The van der Waals surface area contributed by atoms with Crippen LogP contribution in [0.3, 0.4) is 0 Å². The largest absolute Gasteiger partial charge is 0.489 e. The van der Waals surface area contributed by atoms with Crippen molar-refractivity contribution in [1.29, 1.82) is 0 Å². The van der Waals surface area contributed by atoms with E-state index in [-0.39, 0.29) is 6.61 Å². The van der Waals surface area contributed by atoms with Crippen LogP contribution in [0.4, 0.5) is 0 Å². The van der Waals surface area contributed by atoms with Gasteiger partial charge in [-0.05, 0) is 23.8 Å². The van der Waals surface area contributed by atoms with Crippen LogP contribution < -0.4 is 4.74 Å². The summed E-state index contributed by atoms with van der Waals surface area (Å²) < 4.78 is 11.3. The Hall–Kier alpha value is -2.91. The van der Waals surface area contributed by atoms with E-state index in [0.717, 1.165) is 41.7 Å². The molecule has 2 aromatic carbocycles. The van der Waals surface area contributed by atoms with Gasteiger partial charge in [0.05, 0.1) is 19.8 Å². The molecule has 1 atom stereocenters. The number of aliphatic hydroxyl groups excluding tert-OH is 1. The molecule has 0 bridgehead atoms. The first kappa shape index (κ1) is 23.3. The first-order valence-corrected chi connectivity index (χ1v) is 11.3. The molecule has 8 heteroatoms. The molecule has 8 nitrogen and oxygen atoms in total. The van der Waals surface area contributed by atoms with E-state index >= 15 is 0 Å². The molecule has 1 aromatic heterocycles. The number of H-pyrrole nitrogens is 1. The van der Waals surface area contributed by atoms with E-state index in [1.807, 2.05) is 53.4 Å². The number of nitrogens with one attached hydrogen (secondary N) is 1. The lowest BCUT2D eigenvalue weighted by Crippen LogP contribution is -2.49. The Labute approximate surface area is 193 Å². The number of aliphatic hydroxyl groups is 1. The van der Waals surface area contributed by atoms with Gasteiger partial charge in [-0.2, -0.15) is 0 Å². The minimum Gasteiger partial charge on any atom is -0.489 e. The van der Waals surface area contributed by atoms with Crippen molar-refractivity contribution in [1.82, 2.24) is 14.8 Å². The lowest BCUT2D eigenvalue weighted by atomic mass is 10.0. The monoisotopic (exact) mass is 453 g/mol. The van der Waals surface area contributed by atoms with Gasteiger partial charge in [0, 0.05) is 55.4 Å². The first-order chi connectivity index (χ1) is 16.2. The second-order valence-electron chi connectivity index (χ2n) is 8.18. The summed E-state index contributed by atoms with van der Waals surface area (Å²) in [6.07, 6.45) is 1.81. The van der Waals surface area contributed by atoms with Gasteiger partial charge in [-0.1, -0.05) is 30.3 Å². The van der Waals surface area contributed by atoms with Crippen LogP contribution in [0.2, 0.25) is 0 Å². The molecule has 1 saturated heterocycles. The highest BCUT2D eigenvalue weighted by molar-refractivity contribution is 5.90. The number of hydrogen-bond acceptors (Lipinski definition) is 6. The normalized spacial score (nSPS) is 16.2. The molecule has 3 N–H and O–H groups in total. The number of carboxylic acids is 1. The molecule has 2 heterocycles.